The van der Waals surface area contributed by atoms with Crippen LogP contribution in [0.1, 0.15) is 42.1 Å². The third kappa shape index (κ3) is 3.02. The number of aryl methyl sites for hydroxylation is 1. The van der Waals surface area contributed by atoms with Crippen LogP contribution in [0.25, 0.3) is 4.96 Å². The van der Waals surface area contributed by atoms with E-state index in [0.29, 0.717) is 16.5 Å². The summed E-state index contributed by atoms with van der Waals surface area (Å²) in [5, 5.41) is 15.4. The van der Waals surface area contributed by atoms with Gasteiger partial charge in [-0.25, -0.2) is 4.98 Å². The van der Waals surface area contributed by atoms with Gasteiger partial charge in [0, 0.05) is 12.0 Å². The predicted molar refractivity (Wildman–Crippen MR) is 104 cm³/mol. The highest BCUT2D eigenvalue weighted by Crippen LogP contribution is 2.46. The van der Waals surface area contributed by atoms with Crippen LogP contribution in [0.15, 0.2) is 18.2 Å². The Bertz CT molecular complexity index is 946. The lowest BCUT2D eigenvalue weighted by Gasteiger charge is -2.28. The van der Waals surface area contributed by atoms with Crippen molar-refractivity contribution in [1.82, 2.24) is 19.5 Å². The summed E-state index contributed by atoms with van der Waals surface area (Å²) in [5.41, 5.74) is 0.981. The molecule has 3 heterocycles. The first kappa shape index (κ1) is 18.1. The molecule has 144 valence electrons. The van der Waals surface area contributed by atoms with E-state index in [1.54, 1.807) is 18.7 Å². The molecule has 1 aromatic carbocycles. The largest absolute Gasteiger partial charge is 0.493 e. The number of nitrogens with zero attached hydrogens (tertiary/aromatic N) is 4. The fourth-order valence-electron chi connectivity index (χ4n) is 3.75. The molecule has 3 aromatic rings. The number of thiazole rings is 1. The van der Waals surface area contributed by atoms with E-state index in [9.17, 15) is 5.11 Å². The van der Waals surface area contributed by atoms with Crippen LogP contribution >= 0.6 is 11.3 Å². The van der Waals surface area contributed by atoms with E-state index < -0.39 is 0 Å². The molecule has 1 aliphatic heterocycles. The van der Waals surface area contributed by atoms with Crippen molar-refractivity contribution < 1.29 is 14.6 Å². The minimum atomic E-state index is -0.129. The lowest BCUT2D eigenvalue weighted by Crippen LogP contribution is -2.26. The SMILES string of the molecule is CCc1nc2sc(C(c3cccc(OC)c3OC)N3CCCC3)c(O)n2n1. The van der Waals surface area contributed by atoms with Crippen LogP contribution in [-0.4, -0.2) is 51.9 Å². The summed E-state index contributed by atoms with van der Waals surface area (Å²) in [5.74, 6) is 2.28. The molecule has 1 fully saturated rings. The van der Waals surface area contributed by atoms with Crippen LogP contribution < -0.4 is 9.47 Å². The normalized spacial score (nSPS) is 16.1. The number of methoxy groups -OCH3 is 2. The minimum Gasteiger partial charge on any atom is -0.493 e. The molecule has 1 unspecified atom stereocenters. The number of aromatic hydroxyl groups is 1. The Hall–Kier alpha value is -2.32. The summed E-state index contributed by atoms with van der Waals surface area (Å²) < 4.78 is 12.7. The van der Waals surface area contributed by atoms with Gasteiger partial charge in [0.2, 0.25) is 10.8 Å². The summed E-state index contributed by atoms with van der Waals surface area (Å²) in [6.45, 7) is 3.95. The predicted octanol–water partition coefficient (Wildman–Crippen LogP) is 3.26. The van der Waals surface area contributed by atoms with Crippen LogP contribution in [0, 0.1) is 0 Å². The molecule has 0 radical (unpaired) electrons. The zero-order chi connectivity index (χ0) is 19.0. The third-order valence-electron chi connectivity index (χ3n) is 5.04. The number of hydrogen-bond donors (Lipinski definition) is 1. The number of ether oxygens (including phenoxy) is 2. The lowest BCUT2D eigenvalue weighted by atomic mass is 10.0. The summed E-state index contributed by atoms with van der Waals surface area (Å²) in [4.78, 5) is 8.45. The van der Waals surface area contributed by atoms with Gasteiger partial charge in [0.05, 0.1) is 25.1 Å². The number of para-hydroxylation sites is 1. The van der Waals surface area contributed by atoms with E-state index in [1.807, 2.05) is 25.1 Å². The molecule has 8 heteroatoms. The zero-order valence-corrected chi connectivity index (χ0v) is 16.6. The van der Waals surface area contributed by atoms with E-state index in [0.717, 1.165) is 48.6 Å². The van der Waals surface area contributed by atoms with Crippen LogP contribution in [0.4, 0.5) is 0 Å². The molecule has 27 heavy (non-hydrogen) atoms. The highest BCUT2D eigenvalue weighted by Gasteiger charge is 2.33. The second kappa shape index (κ2) is 7.36. The third-order valence-corrected chi connectivity index (χ3v) is 6.11. The average molecular weight is 388 g/mol. The highest BCUT2D eigenvalue weighted by molar-refractivity contribution is 7.17. The number of rotatable bonds is 6. The molecule has 4 rings (SSSR count). The van der Waals surface area contributed by atoms with E-state index >= 15 is 0 Å². The fraction of sp³-hybridized carbons (Fsp3) is 0.474. The maximum absolute atomic E-state index is 11.0. The Labute approximate surface area is 162 Å². The first-order chi connectivity index (χ1) is 13.2. The van der Waals surface area contributed by atoms with Crippen molar-refractivity contribution in [3.05, 3.63) is 34.5 Å². The van der Waals surface area contributed by atoms with Crippen LogP contribution in [-0.2, 0) is 6.42 Å². The van der Waals surface area contributed by atoms with E-state index in [-0.39, 0.29) is 11.9 Å². The zero-order valence-electron chi connectivity index (χ0n) is 15.8. The topological polar surface area (TPSA) is 72.1 Å². The second-order valence-corrected chi connectivity index (χ2v) is 7.60. The van der Waals surface area contributed by atoms with Crippen LogP contribution in [0.5, 0.6) is 17.4 Å². The number of likely N-dealkylation sites (tertiary alicyclic amines) is 1. The van der Waals surface area contributed by atoms with Crippen molar-refractivity contribution in [2.45, 2.75) is 32.2 Å². The smallest absolute Gasteiger partial charge is 0.230 e. The van der Waals surface area contributed by atoms with Gasteiger partial charge in [-0.3, -0.25) is 4.90 Å². The molecule has 0 saturated carbocycles. The van der Waals surface area contributed by atoms with Gasteiger partial charge in [-0.2, -0.15) is 4.52 Å². The molecule has 0 spiro atoms. The summed E-state index contributed by atoms with van der Waals surface area (Å²) in [6.07, 6.45) is 3.02. The molecule has 2 aromatic heterocycles. The molecule has 0 amide bonds. The highest BCUT2D eigenvalue weighted by atomic mass is 32.1. The van der Waals surface area contributed by atoms with Gasteiger partial charge in [-0.15, -0.1) is 5.10 Å². The van der Waals surface area contributed by atoms with Gasteiger partial charge in [0.1, 0.15) is 0 Å². The Morgan fingerprint density at radius 1 is 1.22 bits per heavy atom. The maximum atomic E-state index is 11.0. The van der Waals surface area contributed by atoms with Gasteiger partial charge in [-0.1, -0.05) is 30.4 Å². The molecule has 0 bridgehead atoms. The maximum Gasteiger partial charge on any atom is 0.230 e. The number of hydrogen-bond acceptors (Lipinski definition) is 7. The summed E-state index contributed by atoms with van der Waals surface area (Å²) >= 11 is 1.48. The Balaban J connectivity index is 1.88. The Kier molecular flexibility index (Phi) is 4.92. The molecule has 1 aliphatic rings. The van der Waals surface area contributed by atoms with E-state index in [1.165, 1.54) is 11.3 Å². The molecule has 1 N–H and O–H groups in total. The van der Waals surface area contributed by atoms with Crippen molar-refractivity contribution >= 4 is 16.3 Å². The molecular weight excluding hydrogens is 364 g/mol. The molecule has 1 saturated heterocycles. The summed E-state index contributed by atoms with van der Waals surface area (Å²) in [6, 6.07) is 5.76. The van der Waals surface area contributed by atoms with Crippen LogP contribution in [0.3, 0.4) is 0 Å². The number of benzene rings is 1. The lowest BCUT2D eigenvalue weighted by molar-refractivity contribution is 0.267. The van der Waals surface area contributed by atoms with Gasteiger partial charge in [0.15, 0.2) is 17.3 Å². The number of aromatic nitrogens is 3. The average Bonchev–Trinajstić information content (AvgIpc) is 3.41. The Morgan fingerprint density at radius 3 is 2.63 bits per heavy atom. The van der Waals surface area contributed by atoms with Gasteiger partial charge < -0.3 is 14.6 Å². The van der Waals surface area contributed by atoms with E-state index in [4.69, 9.17) is 9.47 Å². The van der Waals surface area contributed by atoms with Crippen molar-refractivity contribution in [3.63, 3.8) is 0 Å². The minimum absolute atomic E-state index is 0.129. The van der Waals surface area contributed by atoms with Gasteiger partial charge in [0.25, 0.3) is 0 Å². The molecule has 0 aliphatic carbocycles. The molecule has 1 atom stereocenters. The quantitative estimate of drug-likeness (QED) is 0.699. The fourth-order valence-corrected chi connectivity index (χ4v) is 4.88. The second-order valence-electron chi connectivity index (χ2n) is 6.59. The molecule has 7 nitrogen and oxygen atoms in total. The Morgan fingerprint density at radius 2 is 2.00 bits per heavy atom. The van der Waals surface area contributed by atoms with Gasteiger partial charge >= 0.3 is 0 Å². The van der Waals surface area contributed by atoms with E-state index in [2.05, 4.69) is 15.0 Å². The summed E-state index contributed by atoms with van der Waals surface area (Å²) in [7, 11) is 3.29. The van der Waals surface area contributed by atoms with Crippen LogP contribution in [0.2, 0.25) is 0 Å². The van der Waals surface area contributed by atoms with Crippen molar-refractivity contribution in [3.8, 4) is 17.4 Å². The van der Waals surface area contributed by atoms with Crippen molar-refractivity contribution in [2.75, 3.05) is 27.3 Å². The monoisotopic (exact) mass is 388 g/mol. The first-order valence-corrected chi connectivity index (χ1v) is 10.0. The number of fused-ring (bicyclic) bond motifs is 1. The van der Waals surface area contributed by atoms with Crippen molar-refractivity contribution in [2.24, 2.45) is 0 Å². The van der Waals surface area contributed by atoms with Crippen molar-refractivity contribution in [1.29, 1.82) is 0 Å². The molecular formula is C19H24N4O3S. The standard InChI is InChI=1S/C19H24N4O3S/c1-4-14-20-19-23(21-14)18(24)17(27-19)15(22-10-5-6-11-22)12-8-7-9-13(25-2)16(12)26-3/h7-9,15,24H,4-6,10-11H2,1-3H3. The first-order valence-electron chi connectivity index (χ1n) is 9.20. The van der Waals surface area contributed by atoms with Gasteiger partial charge in [-0.05, 0) is 32.0 Å².